The van der Waals surface area contributed by atoms with E-state index in [0.717, 1.165) is 28.8 Å². The van der Waals surface area contributed by atoms with Crippen LogP contribution in [-0.2, 0) is 13.5 Å². The van der Waals surface area contributed by atoms with Crippen LogP contribution in [-0.4, -0.2) is 23.2 Å². The van der Waals surface area contributed by atoms with Crippen molar-refractivity contribution in [1.82, 2.24) is 9.55 Å². The summed E-state index contributed by atoms with van der Waals surface area (Å²) in [4.78, 5) is 4.76. The molecule has 0 fully saturated rings. The Hall–Kier alpha value is -2.04. The summed E-state index contributed by atoms with van der Waals surface area (Å²) < 4.78 is 7.32. The minimum absolute atomic E-state index is 0.136. The fourth-order valence-corrected chi connectivity index (χ4v) is 3.21. The van der Waals surface area contributed by atoms with Crippen molar-refractivity contribution in [2.75, 3.05) is 13.7 Å². The van der Waals surface area contributed by atoms with Gasteiger partial charge in [-0.05, 0) is 36.2 Å². The predicted octanol–water partition coefficient (Wildman–Crippen LogP) is 3.52. The number of ether oxygens (including phenoxy) is 1. The van der Waals surface area contributed by atoms with E-state index in [1.165, 1.54) is 0 Å². The van der Waals surface area contributed by atoms with Crippen LogP contribution in [0.3, 0.4) is 0 Å². The highest BCUT2D eigenvalue weighted by Crippen LogP contribution is 2.28. The van der Waals surface area contributed by atoms with E-state index in [1.54, 1.807) is 7.11 Å². The normalized spacial score (nSPS) is 12.5. The van der Waals surface area contributed by atoms with Gasteiger partial charge in [0.25, 0.3) is 0 Å². The van der Waals surface area contributed by atoms with Crippen molar-refractivity contribution in [3.05, 3.63) is 58.9 Å². The highest BCUT2D eigenvalue weighted by atomic mass is 35.5. The Morgan fingerprint density at radius 3 is 2.70 bits per heavy atom. The summed E-state index contributed by atoms with van der Waals surface area (Å²) in [6, 6.07) is 14.0. The molecule has 120 valence electrons. The lowest BCUT2D eigenvalue weighted by Crippen LogP contribution is -2.18. The molecule has 3 rings (SSSR count). The van der Waals surface area contributed by atoms with E-state index < -0.39 is 0 Å². The molecule has 0 aliphatic carbocycles. The van der Waals surface area contributed by atoms with Crippen molar-refractivity contribution in [3.63, 3.8) is 0 Å². The molecule has 0 aliphatic rings. The van der Waals surface area contributed by atoms with E-state index in [1.807, 2.05) is 43.4 Å². The molecular formula is C18H20ClN3O. The molecule has 0 radical (unpaired) electrons. The molecule has 0 bridgehead atoms. The third-order valence-corrected chi connectivity index (χ3v) is 4.47. The van der Waals surface area contributed by atoms with Crippen LogP contribution in [0.15, 0.2) is 42.5 Å². The van der Waals surface area contributed by atoms with E-state index in [-0.39, 0.29) is 5.92 Å². The maximum Gasteiger partial charge on any atom is 0.137 e. The number of imidazole rings is 1. The lowest BCUT2D eigenvalue weighted by atomic mass is 9.98. The SMILES string of the molecule is COc1ccc(CC(CN)c2nc3ccccc3n2C)cc1Cl. The Labute approximate surface area is 140 Å². The predicted molar refractivity (Wildman–Crippen MR) is 94.2 cm³/mol. The number of hydrogen-bond acceptors (Lipinski definition) is 3. The van der Waals surface area contributed by atoms with Crippen LogP contribution in [0, 0.1) is 0 Å². The van der Waals surface area contributed by atoms with Gasteiger partial charge in [-0.25, -0.2) is 4.98 Å². The van der Waals surface area contributed by atoms with E-state index in [9.17, 15) is 0 Å². The number of aryl methyl sites for hydroxylation is 1. The number of fused-ring (bicyclic) bond motifs is 1. The Morgan fingerprint density at radius 2 is 2.04 bits per heavy atom. The average Bonchev–Trinajstić information content (AvgIpc) is 2.90. The summed E-state index contributed by atoms with van der Waals surface area (Å²) in [5.41, 5.74) is 9.27. The first-order valence-corrected chi connectivity index (χ1v) is 7.95. The molecule has 4 nitrogen and oxygen atoms in total. The van der Waals surface area contributed by atoms with E-state index >= 15 is 0 Å². The Morgan fingerprint density at radius 1 is 1.26 bits per heavy atom. The molecule has 1 atom stereocenters. The number of nitrogens with two attached hydrogens (primary N) is 1. The summed E-state index contributed by atoms with van der Waals surface area (Å²) in [6.07, 6.45) is 0.789. The number of rotatable bonds is 5. The standard InChI is InChI=1S/C18H20ClN3O/c1-22-16-6-4-3-5-15(16)21-18(22)13(11-20)9-12-7-8-17(23-2)14(19)10-12/h3-8,10,13H,9,11,20H2,1-2H3. The smallest absolute Gasteiger partial charge is 0.137 e. The molecule has 0 saturated carbocycles. The minimum Gasteiger partial charge on any atom is -0.495 e. The molecule has 0 amide bonds. The van der Waals surface area contributed by atoms with Crippen molar-refractivity contribution in [2.24, 2.45) is 12.8 Å². The van der Waals surface area contributed by atoms with Crippen LogP contribution in [0.1, 0.15) is 17.3 Å². The van der Waals surface area contributed by atoms with Gasteiger partial charge in [0.1, 0.15) is 11.6 Å². The number of para-hydroxylation sites is 2. The highest BCUT2D eigenvalue weighted by Gasteiger charge is 2.18. The summed E-state index contributed by atoms with van der Waals surface area (Å²) in [5.74, 6) is 1.82. The molecule has 0 aliphatic heterocycles. The van der Waals surface area contributed by atoms with Crippen LogP contribution >= 0.6 is 11.6 Å². The van der Waals surface area contributed by atoms with Crippen LogP contribution in [0.25, 0.3) is 11.0 Å². The van der Waals surface area contributed by atoms with Crippen LogP contribution < -0.4 is 10.5 Å². The second kappa shape index (κ2) is 6.60. The lowest BCUT2D eigenvalue weighted by molar-refractivity contribution is 0.415. The first-order chi connectivity index (χ1) is 11.1. The zero-order chi connectivity index (χ0) is 16.4. The second-order valence-corrected chi connectivity index (χ2v) is 6.03. The van der Waals surface area contributed by atoms with Gasteiger partial charge in [0, 0.05) is 19.5 Å². The summed E-state index contributed by atoms with van der Waals surface area (Å²) in [7, 11) is 3.65. The van der Waals surface area contributed by atoms with Gasteiger partial charge >= 0.3 is 0 Å². The van der Waals surface area contributed by atoms with E-state index in [0.29, 0.717) is 17.3 Å². The number of hydrogen-bond donors (Lipinski definition) is 1. The molecule has 0 spiro atoms. The van der Waals surface area contributed by atoms with Crippen molar-refractivity contribution >= 4 is 22.6 Å². The summed E-state index contributed by atoms with van der Waals surface area (Å²) in [5, 5.41) is 0.616. The zero-order valence-corrected chi connectivity index (χ0v) is 14.0. The van der Waals surface area contributed by atoms with Gasteiger partial charge in [0.05, 0.1) is 23.2 Å². The topological polar surface area (TPSA) is 53.1 Å². The Bertz CT molecular complexity index is 828. The van der Waals surface area contributed by atoms with Gasteiger partial charge in [-0.15, -0.1) is 0 Å². The number of nitrogens with zero attached hydrogens (tertiary/aromatic N) is 2. The molecule has 2 N–H and O–H groups in total. The van der Waals surface area contributed by atoms with Crippen molar-refractivity contribution in [1.29, 1.82) is 0 Å². The third-order valence-electron chi connectivity index (χ3n) is 4.17. The molecule has 1 unspecified atom stereocenters. The largest absolute Gasteiger partial charge is 0.495 e. The Kier molecular flexibility index (Phi) is 4.55. The van der Waals surface area contributed by atoms with Gasteiger partial charge in [-0.3, -0.25) is 0 Å². The quantitative estimate of drug-likeness (QED) is 0.779. The lowest BCUT2D eigenvalue weighted by Gasteiger charge is -2.15. The molecule has 2 aromatic carbocycles. The van der Waals surface area contributed by atoms with Crippen molar-refractivity contribution < 1.29 is 4.74 Å². The average molecular weight is 330 g/mol. The molecular weight excluding hydrogens is 310 g/mol. The fraction of sp³-hybridized carbons (Fsp3) is 0.278. The van der Waals surface area contributed by atoms with Gasteiger partial charge in [0.2, 0.25) is 0 Å². The van der Waals surface area contributed by atoms with Crippen molar-refractivity contribution in [2.45, 2.75) is 12.3 Å². The van der Waals surface area contributed by atoms with Gasteiger partial charge in [0.15, 0.2) is 0 Å². The van der Waals surface area contributed by atoms with Gasteiger partial charge in [-0.2, -0.15) is 0 Å². The van der Waals surface area contributed by atoms with Crippen LogP contribution in [0.4, 0.5) is 0 Å². The minimum atomic E-state index is 0.136. The van der Waals surface area contributed by atoms with E-state index in [2.05, 4.69) is 10.6 Å². The first-order valence-electron chi connectivity index (χ1n) is 7.58. The molecule has 5 heteroatoms. The number of benzene rings is 2. The van der Waals surface area contributed by atoms with E-state index in [4.69, 9.17) is 27.1 Å². The van der Waals surface area contributed by atoms with Crippen LogP contribution in [0.2, 0.25) is 5.02 Å². The third kappa shape index (κ3) is 3.05. The summed E-state index contributed by atoms with van der Waals surface area (Å²) in [6.45, 7) is 0.529. The maximum atomic E-state index is 6.22. The van der Waals surface area contributed by atoms with Gasteiger partial charge in [-0.1, -0.05) is 29.8 Å². The van der Waals surface area contributed by atoms with Crippen molar-refractivity contribution in [3.8, 4) is 5.75 Å². The first kappa shape index (κ1) is 15.8. The molecule has 3 aromatic rings. The monoisotopic (exact) mass is 329 g/mol. The second-order valence-electron chi connectivity index (χ2n) is 5.62. The van der Waals surface area contributed by atoms with Gasteiger partial charge < -0.3 is 15.0 Å². The number of halogens is 1. The molecule has 1 heterocycles. The fourth-order valence-electron chi connectivity index (χ4n) is 2.93. The molecule has 23 heavy (non-hydrogen) atoms. The highest BCUT2D eigenvalue weighted by molar-refractivity contribution is 6.32. The zero-order valence-electron chi connectivity index (χ0n) is 13.3. The molecule has 0 saturated heterocycles. The molecule has 1 aromatic heterocycles. The van der Waals surface area contributed by atoms with Crippen LogP contribution in [0.5, 0.6) is 5.75 Å². The summed E-state index contributed by atoms with van der Waals surface area (Å²) >= 11 is 6.22. The number of methoxy groups -OCH3 is 1. The number of aromatic nitrogens is 2. The maximum absolute atomic E-state index is 6.22. The Balaban J connectivity index is 1.92.